The summed E-state index contributed by atoms with van der Waals surface area (Å²) in [5.74, 6) is -0.0781. The van der Waals surface area contributed by atoms with Crippen LogP contribution in [-0.4, -0.2) is 26.3 Å². The normalized spacial score (nSPS) is 8.31. The molecule has 0 spiro atoms. The Bertz CT molecular complexity index is 399. The van der Waals surface area contributed by atoms with Crippen LogP contribution in [0.3, 0.4) is 0 Å². The monoisotopic (exact) mass is 388 g/mol. The van der Waals surface area contributed by atoms with Gasteiger partial charge in [0.1, 0.15) is 0 Å². The molecule has 0 fully saturated rings. The molecule has 6 heteroatoms. The Morgan fingerprint density at radius 1 is 1.38 bits per heavy atom. The first kappa shape index (κ1) is 14.5. The zero-order valence-corrected chi connectivity index (χ0v) is 11.5. The van der Waals surface area contributed by atoms with Crippen molar-refractivity contribution in [2.75, 3.05) is 0 Å². The van der Waals surface area contributed by atoms with Crippen LogP contribution in [0.4, 0.5) is 0 Å². The van der Waals surface area contributed by atoms with Crippen molar-refractivity contribution < 1.29 is 31.0 Å². The Morgan fingerprint density at radius 3 is 2.38 bits per heavy atom. The fourth-order valence-corrected chi connectivity index (χ4v) is 0.903. The van der Waals surface area contributed by atoms with Crippen molar-refractivity contribution >= 4 is 5.97 Å². The van der Waals surface area contributed by atoms with E-state index < -0.39 is 5.97 Å². The first-order valence-corrected chi connectivity index (χ1v) is 4.23. The number of benzene rings is 1. The standard InChI is InChI=1S/C8H6N3.C2H4O2.W/c1-2-4-7(5-3-1)8-9-6-10-11-8;1-2(3)4;/h1-5H,(H,9,10,11);1H3,(H,3,4);/q-1;;. The van der Waals surface area contributed by atoms with Gasteiger partial charge in [-0.3, -0.25) is 9.89 Å². The number of carbonyl (C=O) groups is 1. The summed E-state index contributed by atoms with van der Waals surface area (Å²) in [6.45, 7) is 1.08. The Morgan fingerprint density at radius 2 is 1.94 bits per heavy atom. The molecule has 1 heterocycles. The zero-order chi connectivity index (χ0) is 11.1. The van der Waals surface area contributed by atoms with E-state index in [1.165, 1.54) is 0 Å². The van der Waals surface area contributed by atoms with E-state index in [0.717, 1.165) is 18.3 Å². The van der Waals surface area contributed by atoms with Crippen LogP contribution in [0.25, 0.3) is 11.4 Å². The van der Waals surface area contributed by atoms with Crippen molar-refractivity contribution in [1.29, 1.82) is 0 Å². The molecular weight excluding hydrogens is 378 g/mol. The van der Waals surface area contributed by atoms with Crippen LogP contribution in [0.5, 0.6) is 0 Å². The van der Waals surface area contributed by atoms with Crippen molar-refractivity contribution in [1.82, 2.24) is 15.2 Å². The first-order valence-electron chi connectivity index (χ1n) is 4.23. The van der Waals surface area contributed by atoms with Gasteiger partial charge in [0.05, 0.1) is 0 Å². The summed E-state index contributed by atoms with van der Waals surface area (Å²) < 4.78 is 0. The predicted octanol–water partition coefficient (Wildman–Crippen LogP) is 1.36. The molecule has 1 aromatic carbocycles. The molecule has 0 amide bonds. The topological polar surface area (TPSA) is 78.9 Å². The third kappa shape index (κ3) is 5.41. The summed E-state index contributed by atoms with van der Waals surface area (Å²) in [7, 11) is 0. The molecule has 0 radical (unpaired) electrons. The van der Waals surface area contributed by atoms with Crippen molar-refractivity contribution in [2.45, 2.75) is 6.92 Å². The minimum absolute atomic E-state index is 0. The second-order valence-electron chi connectivity index (χ2n) is 2.67. The zero-order valence-electron chi connectivity index (χ0n) is 8.54. The number of nitrogens with zero attached hydrogens (tertiary/aromatic N) is 2. The number of carboxylic acids is 1. The maximum absolute atomic E-state index is 9.00. The van der Waals surface area contributed by atoms with Gasteiger partial charge in [-0.1, -0.05) is 35.9 Å². The third-order valence-electron chi connectivity index (χ3n) is 1.42. The molecular formula is C10H10N3O2W-. The summed E-state index contributed by atoms with van der Waals surface area (Å²) in [6, 6.07) is 9.81. The number of carboxylic acid groups (broad SMARTS) is 1. The predicted molar refractivity (Wildman–Crippen MR) is 54.0 cm³/mol. The minimum atomic E-state index is -0.833. The number of aromatic amines is 1. The average Bonchev–Trinajstić information content (AvgIpc) is 2.71. The van der Waals surface area contributed by atoms with Gasteiger partial charge in [0.2, 0.25) is 0 Å². The van der Waals surface area contributed by atoms with E-state index in [1.54, 1.807) is 0 Å². The van der Waals surface area contributed by atoms with Gasteiger partial charge in [0.15, 0.2) is 0 Å². The molecule has 0 aliphatic carbocycles. The van der Waals surface area contributed by atoms with Crippen LogP contribution in [0.1, 0.15) is 6.92 Å². The van der Waals surface area contributed by atoms with Crippen molar-refractivity contribution in [3.05, 3.63) is 36.7 Å². The molecule has 2 rings (SSSR count). The van der Waals surface area contributed by atoms with Gasteiger partial charge in [-0.15, -0.1) is 0 Å². The van der Waals surface area contributed by atoms with Gasteiger partial charge in [0, 0.05) is 28.0 Å². The number of aromatic nitrogens is 3. The molecule has 0 unspecified atom stereocenters. The van der Waals surface area contributed by atoms with Gasteiger partial charge in [-0.25, -0.2) is 0 Å². The number of nitrogens with one attached hydrogen (secondary N) is 1. The Kier molecular flexibility index (Phi) is 7.04. The Balaban J connectivity index is 0.000000397. The molecule has 2 aromatic rings. The van der Waals surface area contributed by atoms with E-state index in [-0.39, 0.29) is 21.1 Å². The van der Waals surface area contributed by atoms with E-state index in [4.69, 9.17) is 9.90 Å². The van der Waals surface area contributed by atoms with E-state index in [1.807, 2.05) is 30.3 Å². The van der Waals surface area contributed by atoms with E-state index in [0.29, 0.717) is 0 Å². The van der Waals surface area contributed by atoms with E-state index in [2.05, 4.69) is 21.5 Å². The smallest absolute Gasteiger partial charge is 0.300 e. The molecule has 84 valence electrons. The molecule has 0 atom stereocenters. The Labute approximate surface area is 107 Å². The molecule has 1 aromatic heterocycles. The Hall–Kier alpha value is -1.48. The van der Waals surface area contributed by atoms with Crippen molar-refractivity contribution in [3.8, 4) is 11.4 Å². The van der Waals surface area contributed by atoms with Gasteiger partial charge in [0.25, 0.3) is 5.97 Å². The fraction of sp³-hybridized carbons (Fsp3) is 0.100. The quantitative estimate of drug-likeness (QED) is 0.724. The van der Waals surface area contributed by atoms with Crippen LogP contribution < -0.4 is 0 Å². The van der Waals surface area contributed by atoms with Gasteiger partial charge in [-0.2, -0.15) is 0 Å². The fourth-order valence-electron chi connectivity index (χ4n) is 0.903. The number of hydrogen-bond acceptors (Lipinski definition) is 3. The van der Waals surface area contributed by atoms with Crippen molar-refractivity contribution in [3.63, 3.8) is 0 Å². The summed E-state index contributed by atoms with van der Waals surface area (Å²) in [5, 5.41) is 13.8. The number of H-pyrrole nitrogens is 1. The molecule has 0 aliphatic rings. The van der Waals surface area contributed by atoms with Crippen LogP contribution in [0, 0.1) is 6.33 Å². The largest absolute Gasteiger partial charge is 0.481 e. The van der Waals surface area contributed by atoms with Crippen LogP contribution >= 0.6 is 0 Å². The second-order valence-corrected chi connectivity index (χ2v) is 2.67. The molecule has 0 saturated heterocycles. The minimum Gasteiger partial charge on any atom is -0.481 e. The van der Waals surface area contributed by atoms with Crippen LogP contribution in [-0.2, 0) is 25.9 Å². The third-order valence-corrected chi connectivity index (χ3v) is 1.42. The second kappa shape index (κ2) is 7.76. The summed E-state index contributed by atoms with van der Waals surface area (Å²) >= 11 is 0. The van der Waals surface area contributed by atoms with Gasteiger partial charge >= 0.3 is 0 Å². The van der Waals surface area contributed by atoms with E-state index >= 15 is 0 Å². The average molecular weight is 388 g/mol. The SMILES string of the molecule is CC(=O)O.[W].[c-]1n[nH]c(-c2ccccc2)n1. The van der Waals surface area contributed by atoms with Crippen molar-refractivity contribution in [2.24, 2.45) is 0 Å². The molecule has 0 aliphatic heterocycles. The first-order chi connectivity index (χ1) is 7.20. The number of rotatable bonds is 1. The van der Waals surface area contributed by atoms with Crippen LogP contribution in [0.15, 0.2) is 30.3 Å². The molecule has 5 nitrogen and oxygen atoms in total. The molecule has 16 heavy (non-hydrogen) atoms. The summed E-state index contributed by atoms with van der Waals surface area (Å²) in [6.07, 6.45) is 2.47. The maximum Gasteiger partial charge on any atom is 0.300 e. The van der Waals surface area contributed by atoms with Gasteiger partial charge in [-0.05, 0) is 12.2 Å². The summed E-state index contributed by atoms with van der Waals surface area (Å²) in [4.78, 5) is 12.9. The van der Waals surface area contributed by atoms with Crippen LogP contribution in [0.2, 0.25) is 0 Å². The number of hydrogen-bond donors (Lipinski definition) is 2. The van der Waals surface area contributed by atoms with Gasteiger partial charge < -0.3 is 15.2 Å². The maximum atomic E-state index is 9.00. The van der Waals surface area contributed by atoms with E-state index in [9.17, 15) is 0 Å². The molecule has 2 N–H and O–H groups in total. The summed E-state index contributed by atoms with van der Waals surface area (Å²) in [5.41, 5.74) is 1.03. The molecule has 0 saturated carbocycles. The number of aliphatic carboxylic acids is 1. The molecule has 0 bridgehead atoms.